The van der Waals surface area contributed by atoms with E-state index in [1.807, 2.05) is 30.3 Å². The first-order valence-electron chi connectivity index (χ1n) is 7.64. The van der Waals surface area contributed by atoms with Gasteiger partial charge in [-0.2, -0.15) is 0 Å². The number of phenolic OH excluding ortho intramolecular Hbond substituents is 1. The number of nitrogens with zero attached hydrogens (tertiary/aromatic N) is 1. The Morgan fingerprint density at radius 2 is 1.96 bits per heavy atom. The number of aryl methyl sites for hydroxylation is 1. The molecule has 0 aliphatic rings. The molecule has 3 rings (SSSR count). The third kappa shape index (κ3) is 3.63. The van der Waals surface area contributed by atoms with E-state index in [1.54, 1.807) is 13.0 Å². The molecule has 6 nitrogen and oxygen atoms in total. The fraction of sp³-hybridized carbons (Fsp3) is 0.158. The van der Waals surface area contributed by atoms with Gasteiger partial charge in [0.2, 0.25) is 5.89 Å². The van der Waals surface area contributed by atoms with Crippen molar-refractivity contribution < 1.29 is 23.8 Å². The summed E-state index contributed by atoms with van der Waals surface area (Å²) < 4.78 is 15.9. The number of carbonyl (C=O) groups excluding carboxylic acids is 1. The van der Waals surface area contributed by atoms with Crippen LogP contribution in [0, 0.1) is 6.92 Å². The van der Waals surface area contributed by atoms with Gasteiger partial charge >= 0.3 is 5.97 Å². The summed E-state index contributed by atoms with van der Waals surface area (Å²) in [6, 6.07) is 13.8. The molecule has 3 aromatic rings. The highest BCUT2D eigenvalue weighted by atomic mass is 16.5. The molecule has 0 saturated carbocycles. The maximum absolute atomic E-state index is 12.2. The number of ether oxygens (including phenoxy) is 2. The average molecular weight is 339 g/mol. The molecule has 0 bridgehead atoms. The standard InChI is InChI=1S/C19H17NO5/c1-12-16(20-18(25-12)13-6-4-3-5-7-13)11-24-19(22)15-10-14(23-2)8-9-17(15)21/h3-10,21H,11H2,1-2H3. The van der Waals surface area contributed by atoms with Crippen LogP contribution < -0.4 is 4.74 Å². The third-order valence-corrected chi connectivity index (χ3v) is 3.68. The van der Waals surface area contributed by atoms with Crippen molar-refractivity contribution in [2.45, 2.75) is 13.5 Å². The lowest BCUT2D eigenvalue weighted by Crippen LogP contribution is -2.06. The minimum atomic E-state index is -0.667. The highest BCUT2D eigenvalue weighted by molar-refractivity contribution is 5.92. The van der Waals surface area contributed by atoms with E-state index in [1.165, 1.54) is 19.2 Å². The molecular weight excluding hydrogens is 322 g/mol. The van der Waals surface area contributed by atoms with Crippen molar-refractivity contribution in [3.05, 3.63) is 65.5 Å². The van der Waals surface area contributed by atoms with Crippen molar-refractivity contribution in [3.63, 3.8) is 0 Å². The van der Waals surface area contributed by atoms with Crippen molar-refractivity contribution >= 4 is 5.97 Å². The van der Waals surface area contributed by atoms with Crippen LogP contribution in [0.3, 0.4) is 0 Å². The van der Waals surface area contributed by atoms with Crippen LogP contribution >= 0.6 is 0 Å². The summed E-state index contributed by atoms with van der Waals surface area (Å²) in [6.07, 6.45) is 0. The normalized spacial score (nSPS) is 10.5. The summed E-state index contributed by atoms with van der Waals surface area (Å²) >= 11 is 0. The predicted molar refractivity (Wildman–Crippen MR) is 90.5 cm³/mol. The molecule has 0 aliphatic heterocycles. The molecular formula is C19H17NO5. The zero-order chi connectivity index (χ0) is 17.8. The highest BCUT2D eigenvalue weighted by Crippen LogP contribution is 2.25. The summed E-state index contributed by atoms with van der Waals surface area (Å²) in [5, 5.41) is 9.81. The van der Waals surface area contributed by atoms with Gasteiger partial charge in [0.1, 0.15) is 35.1 Å². The summed E-state index contributed by atoms with van der Waals surface area (Å²) in [7, 11) is 1.48. The number of carbonyl (C=O) groups is 1. The summed E-state index contributed by atoms with van der Waals surface area (Å²) in [5.74, 6) is 0.649. The zero-order valence-electron chi connectivity index (χ0n) is 13.9. The Morgan fingerprint density at radius 1 is 1.20 bits per heavy atom. The molecule has 0 atom stereocenters. The average Bonchev–Trinajstić information content (AvgIpc) is 3.01. The summed E-state index contributed by atoms with van der Waals surface area (Å²) in [5.41, 5.74) is 1.40. The predicted octanol–water partition coefficient (Wildman–Crippen LogP) is 3.72. The molecule has 6 heteroatoms. The Hall–Kier alpha value is -3.28. The number of hydrogen-bond acceptors (Lipinski definition) is 6. The molecule has 0 unspecified atom stereocenters. The number of rotatable bonds is 5. The second kappa shape index (κ2) is 7.09. The van der Waals surface area contributed by atoms with Gasteiger partial charge in [-0.25, -0.2) is 9.78 Å². The van der Waals surface area contributed by atoms with Crippen LogP contribution in [0.4, 0.5) is 0 Å². The summed E-state index contributed by atoms with van der Waals surface area (Å²) in [4.78, 5) is 16.6. The largest absolute Gasteiger partial charge is 0.507 e. The first-order chi connectivity index (χ1) is 12.1. The molecule has 0 saturated heterocycles. The summed E-state index contributed by atoms with van der Waals surface area (Å²) in [6.45, 7) is 1.70. The molecule has 0 amide bonds. The Labute approximate surface area is 144 Å². The highest BCUT2D eigenvalue weighted by Gasteiger charge is 2.17. The number of esters is 1. The van der Waals surface area contributed by atoms with Gasteiger partial charge in [0, 0.05) is 5.56 Å². The van der Waals surface area contributed by atoms with Gasteiger partial charge in [-0.1, -0.05) is 18.2 Å². The molecule has 0 radical (unpaired) electrons. The minimum absolute atomic E-state index is 0.0313. The minimum Gasteiger partial charge on any atom is -0.507 e. The van der Waals surface area contributed by atoms with E-state index in [9.17, 15) is 9.90 Å². The van der Waals surface area contributed by atoms with Crippen LogP contribution in [0.5, 0.6) is 11.5 Å². The second-order valence-electron chi connectivity index (χ2n) is 5.35. The fourth-order valence-corrected chi connectivity index (χ4v) is 2.28. The lowest BCUT2D eigenvalue weighted by atomic mass is 10.2. The van der Waals surface area contributed by atoms with E-state index in [0.29, 0.717) is 23.1 Å². The fourth-order valence-electron chi connectivity index (χ4n) is 2.28. The van der Waals surface area contributed by atoms with Gasteiger partial charge in [-0.3, -0.25) is 0 Å². The van der Waals surface area contributed by atoms with Gasteiger partial charge in [-0.15, -0.1) is 0 Å². The van der Waals surface area contributed by atoms with Crippen molar-refractivity contribution in [1.29, 1.82) is 0 Å². The van der Waals surface area contributed by atoms with E-state index < -0.39 is 5.97 Å². The van der Waals surface area contributed by atoms with E-state index in [2.05, 4.69) is 4.98 Å². The smallest absolute Gasteiger partial charge is 0.342 e. The van der Waals surface area contributed by atoms with Crippen LogP contribution in [0.2, 0.25) is 0 Å². The monoisotopic (exact) mass is 339 g/mol. The maximum Gasteiger partial charge on any atom is 0.342 e. The van der Waals surface area contributed by atoms with Crippen LogP contribution in [0.25, 0.3) is 11.5 Å². The molecule has 2 aromatic carbocycles. The number of methoxy groups -OCH3 is 1. The maximum atomic E-state index is 12.2. The molecule has 25 heavy (non-hydrogen) atoms. The third-order valence-electron chi connectivity index (χ3n) is 3.68. The second-order valence-corrected chi connectivity index (χ2v) is 5.35. The van der Waals surface area contributed by atoms with Crippen LogP contribution in [-0.2, 0) is 11.3 Å². The Bertz CT molecular complexity index is 886. The molecule has 0 fully saturated rings. The topological polar surface area (TPSA) is 81.8 Å². The molecule has 128 valence electrons. The van der Waals surface area contributed by atoms with Crippen LogP contribution in [0.1, 0.15) is 21.8 Å². The SMILES string of the molecule is COc1ccc(O)c(C(=O)OCc2nc(-c3ccccc3)oc2C)c1. The quantitative estimate of drug-likeness (QED) is 0.714. The first kappa shape index (κ1) is 16.6. The number of benzene rings is 2. The van der Waals surface area contributed by atoms with E-state index in [4.69, 9.17) is 13.9 Å². The van der Waals surface area contributed by atoms with E-state index in [0.717, 1.165) is 5.56 Å². The van der Waals surface area contributed by atoms with E-state index in [-0.39, 0.29) is 17.9 Å². The molecule has 1 heterocycles. The molecule has 1 N–H and O–H groups in total. The van der Waals surface area contributed by atoms with E-state index >= 15 is 0 Å². The first-order valence-corrected chi connectivity index (χ1v) is 7.64. The number of oxazole rings is 1. The van der Waals surface area contributed by atoms with Gasteiger partial charge in [0.25, 0.3) is 0 Å². The van der Waals surface area contributed by atoms with Gasteiger partial charge in [0.05, 0.1) is 7.11 Å². The number of phenols is 1. The molecule has 1 aromatic heterocycles. The van der Waals surface area contributed by atoms with Gasteiger partial charge < -0.3 is 19.0 Å². The van der Waals surface area contributed by atoms with Crippen molar-refractivity contribution in [2.24, 2.45) is 0 Å². The van der Waals surface area contributed by atoms with Crippen LogP contribution in [0.15, 0.2) is 52.9 Å². The van der Waals surface area contributed by atoms with Gasteiger partial charge in [0.15, 0.2) is 0 Å². The van der Waals surface area contributed by atoms with Gasteiger partial charge in [-0.05, 0) is 37.3 Å². The Morgan fingerprint density at radius 3 is 2.68 bits per heavy atom. The van der Waals surface area contributed by atoms with Crippen molar-refractivity contribution in [1.82, 2.24) is 4.98 Å². The van der Waals surface area contributed by atoms with Crippen LogP contribution in [-0.4, -0.2) is 23.2 Å². The Balaban J connectivity index is 1.74. The zero-order valence-corrected chi connectivity index (χ0v) is 13.9. The Kier molecular flexibility index (Phi) is 4.70. The number of aromatic hydroxyl groups is 1. The number of hydrogen-bond donors (Lipinski definition) is 1. The molecule has 0 aliphatic carbocycles. The lowest BCUT2D eigenvalue weighted by molar-refractivity contribution is 0.0463. The van der Waals surface area contributed by atoms with Crippen molar-refractivity contribution in [3.8, 4) is 23.0 Å². The number of aromatic nitrogens is 1. The lowest BCUT2D eigenvalue weighted by Gasteiger charge is -2.07. The molecule has 0 spiro atoms. The van der Waals surface area contributed by atoms with Crippen molar-refractivity contribution in [2.75, 3.05) is 7.11 Å².